The molecular formula is C9H5F2NO3. The van der Waals surface area contributed by atoms with Crippen LogP contribution in [0.25, 0.3) is 11.1 Å². The Kier molecular flexibility index (Phi) is 2.11. The first-order chi connectivity index (χ1) is 7.09. The second-order valence-electron chi connectivity index (χ2n) is 2.82. The molecule has 0 spiro atoms. The third kappa shape index (κ3) is 1.54. The van der Waals surface area contributed by atoms with Crippen LogP contribution in [-0.4, -0.2) is 16.1 Å². The van der Waals surface area contributed by atoms with Gasteiger partial charge in [-0.05, 0) is 6.07 Å². The molecule has 2 rings (SSSR count). The lowest BCUT2D eigenvalue weighted by Gasteiger charge is -1.97. The number of carboxylic acids is 1. The molecule has 4 nitrogen and oxygen atoms in total. The Morgan fingerprint density at radius 3 is 2.80 bits per heavy atom. The Morgan fingerprint density at radius 1 is 1.47 bits per heavy atom. The van der Waals surface area contributed by atoms with Crippen molar-refractivity contribution >= 4 is 17.1 Å². The summed E-state index contributed by atoms with van der Waals surface area (Å²) in [5, 5.41) is 8.57. The third-order valence-electron chi connectivity index (χ3n) is 1.87. The average molecular weight is 213 g/mol. The fraction of sp³-hybridized carbons (Fsp3) is 0.111. The Balaban J connectivity index is 2.69. The summed E-state index contributed by atoms with van der Waals surface area (Å²) in [4.78, 5) is 14.0. The summed E-state index contributed by atoms with van der Waals surface area (Å²) in [6, 6.07) is 3.93. The molecule has 0 fully saturated rings. The van der Waals surface area contributed by atoms with Crippen molar-refractivity contribution in [2.75, 3.05) is 0 Å². The number of aromatic carboxylic acids is 1. The molecule has 0 bridgehead atoms. The van der Waals surface area contributed by atoms with Gasteiger partial charge in [0.15, 0.2) is 5.58 Å². The van der Waals surface area contributed by atoms with E-state index in [0.717, 1.165) is 0 Å². The minimum atomic E-state index is -2.71. The molecule has 0 aliphatic carbocycles. The number of hydrogen-bond acceptors (Lipinski definition) is 3. The van der Waals surface area contributed by atoms with Gasteiger partial charge in [0.25, 0.3) is 6.43 Å². The van der Waals surface area contributed by atoms with Gasteiger partial charge in [0, 0.05) is 5.56 Å². The smallest absolute Gasteiger partial charge is 0.392 e. The maximum Gasteiger partial charge on any atom is 0.392 e. The summed E-state index contributed by atoms with van der Waals surface area (Å²) in [6.07, 6.45) is -2.71. The second-order valence-corrected chi connectivity index (χ2v) is 2.82. The zero-order chi connectivity index (χ0) is 11.0. The number of hydrogen-bond donors (Lipinski definition) is 1. The SMILES string of the molecule is O=C(O)c1nc2c(C(F)F)cccc2o1. The van der Waals surface area contributed by atoms with Crippen molar-refractivity contribution in [2.24, 2.45) is 0 Å². The van der Waals surface area contributed by atoms with E-state index in [0.29, 0.717) is 0 Å². The number of carboxylic acid groups (broad SMARTS) is 1. The molecule has 0 aliphatic rings. The lowest BCUT2D eigenvalue weighted by atomic mass is 10.2. The maximum absolute atomic E-state index is 12.5. The number of alkyl halides is 2. The molecule has 0 saturated heterocycles. The molecular weight excluding hydrogens is 208 g/mol. The normalized spacial score (nSPS) is 11.1. The molecule has 6 heteroatoms. The van der Waals surface area contributed by atoms with Crippen LogP contribution in [0.2, 0.25) is 0 Å². The highest BCUT2D eigenvalue weighted by Crippen LogP contribution is 2.27. The molecule has 2 aromatic rings. The quantitative estimate of drug-likeness (QED) is 0.832. The number of oxazole rings is 1. The Bertz CT molecular complexity index is 521. The number of benzene rings is 1. The third-order valence-corrected chi connectivity index (χ3v) is 1.87. The van der Waals surface area contributed by atoms with Gasteiger partial charge in [-0.2, -0.15) is 0 Å². The lowest BCUT2D eigenvalue weighted by Crippen LogP contribution is -1.95. The van der Waals surface area contributed by atoms with Crippen LogP contribution in [0, 0.1) is 0 Å². The average Bonchev–Trinajstić information content (AvgIpc) is 2.60. The molecule has 1 N–H and O–H groups in total. The van der Waals surface area contributed by atoms with E-state index in [9.17, 15) is 13.6 Å². The summed E-state index contributed by atoms with van der Waals surface area (Å²) in [5.41, 5.74) is -0.390. The van der Waals surface area contributed by atoms with E-state index >= 15 is 0 Å². The molecule has 78 valence electrons. The van der Waals surface area contributed by atoms with E-state index in [-0.39, 0.29) is 16.7 Å². The largest absolute Gasteiger partial charge is 0.474 e. The molecule has 1 aromatic carbocycles. The monoisotopic (exact) mass is 213 g/mol. The van der Waals surface area contributed by atoms with Gasteiger partial charge in [-0.15, -0.1) is 0 Å². The van der Waals surface area contributed by atoms with Gasteiger partial charge in [0.1, 0.15) is 5.52 Å². The predicted octanol–water partition coefficient (Wildman–Crippen LogP) is 2.46. The molecule has 0 aliphatic heterocycles. The van der Waals surface area contributed by atoms with Crippen molar-refractivity contribution in [1.29, 1.82) is 0 Å². The lowest BCUT2D eigenvalue weighted by molar-refractivity contribution is 0.0656. The van der Waals surface area contributed by atoms with Gasteiger partial charge >= 0.3 is 11.9 Å². The summed E-state index contributed by atoms with van der Waals surface area (Å²) in [5.74, 6) is -1.97. The fourth-order valence-electron chi connectivity index (χ4n) is 1.24. The van der Waals surface area contributed by atoms with Gasteiger partial charge in [-0.25, -0.2) is 18.6 Å². The minimum absolute atomic E-state index is 0.0465. The highest BCUT2D eigenvalue weighted by Gasteiger charge is 2.18. The van der Waals surface area contributed by atoms with Crippen LogP contribution < -0.4 is 0 Å². The Hall–Kier alpha value is -1.98. The molecule has 15 heavy (non-hydrogen) atoms. The summed E-state index contributed by atoms with van der Waals surface area (Å²) < 4.78 is 29.7. The first-order valence-corrected chi connectivity index (χ1v) is 4.00. The summed E-state index contributed by atoms with van der Waals surface area (Å²) >= 11 is 0. The molecule has 0 unspecified atom stereocenters. The molecule has 0 radical (unpaired) electrons. The molecule has 0 amide bonds. The van der Waals surface area contributed by atoms with Crippen LogP contribution in [0.15, 0.2) is 22.6 Å². The number of carbonyl (C=O) groups is 1. The van der Waals surface area contributed by atoms with E-state index in [1.165, 1.54) is 18.2 Å². The van der Waals surface area contributed by atoms with E-state index < -0.39 is 18.3 Å². The first kappa shape index (κ1) is 9.57. The van der Waals surface area contributed by atoms with Gasteiger partial charge in [-0.3, -0.25) is 0 Å². The van der Waals surface area contributed by atoms with E-state index in [4.69, 9.17) is 9.52 Å². The molecule has 1 heterocycles. The van der Waals surface area contributed by atoms with Crippen molar-refractivity contribution in [1.82, 2.24) is 4.98 Å². The van der Waals surface area contributed by atoms with Gasteiger partial charge in [0.05, 0.1) is 0 Å². The Labute approximate surface area is 82.1 Å². The number of nitrogens with zero attached hydrogens (tertiary/aromatic N) is 1. The maximum atomic E-state index is 12.5. The molecule has 0 atom stereocenters. The van der Waals surface area contributed by atoms with Crippen LogP contribution in [0.3, 0.4) is 0 Å². The van der Waals surface area contributed by atoms with Crippen molar-refractivity contribution in [3.8, 4) is 0 Å². The number of halogens is 2. The Morgan fingerprint density at radius 2 is 2.20 bits per heavy atom. The van der Waals surface area contributed by atoms with Crippen molar-refractivity contribution in [3.05, 3.63) is 29.7 Å². The summed E-state index contributed by atoms with van der Waals surface area (Å²) in [7, 11) is 0. The van der Waals surface area contributed by atoms with E-state index in [1.807, 2.05) is 0 Å². The molecule has 0 saturated carbocycles. The van der Waals surface area contributed by atoms with Crippen molar-refractivity contribution < 1.29 is 23.1 Å². The van der Waals surface area contributed by atoms with Crippen LogP contribution >= 0.6 is 0 Å². The van der Waals surface area contributed by atoms with Crippen molar-refractivity contribution in [3.63, 3.8) is 0 Å². The standard InChI is InChI=1S/C9H5F2NO3/c10-7(11)4-2-1-3-5-6(4)12-8(15-5)9(13)14/h1-3,7H,(H,13,14). The van der Waals surface area contributed by atoms with Gasteiger partial charge in [0.2, 0.25) is 0 Å². The molecule has 1 aromatic heterocycles. The minimum Gasteiger partial charge on any atom is -0.474 e. The zero-order valence-corrected chi connectivity index (χ0v) is 7.28. The van der Waals surface area contributed by atoms with Crippen LogP contribution in [0.1, 0.15) is 22.7 Å². The van der Waals surface area contributed by atoms with Crippen LogP contribution in [0.4, 0.5) is 8.78 Å². The van der Waals surface area contributed by atoms with Gasteiger partial charge < -0.3 is 9.52 Å². The second kappa shape index (κ2) is 3.30. The van der Waals surface area contributed by atoms with E-state index in [2.05, 4.69) is 4.98 Å². The zero-order valence-electron chi connectivity index (χ0n) is 7.28. The highest BCUT2D eigenvalue weighted by molar-refractivity contribution is 5.87. The number of rotatable bonds is 2. The van der Waals surface area contributed by atoms with Crippen LogP contribution in [0.5, 0.6) is 0 Å². The van der Waals surface area contributed by atoms with E-state index in [1.54, 1.807) is 0 Å². The topological polar surface area (TPSA) is 63.3 Å². The highest BCUT2D eigenvalue weighted by atomic mass is 19.3. The number of para-hydroxylation sites is 1. The van der Waals surface area contributed by atoms with Gasteiger partial charge in [-0.1, -0.05) is 12.1 Å². The number of fused-ring (bicyclic) bond motifs is 1. The van der Waals surface area contributed by atoms with Crippen molar-refractivity contribution in [2.45, 2.75) is 6.43 Å². The fourth-order valence-corrected chi connectivity index (χ4v) is 1.24. The summed E-state index contributed by atoms with van der Waals surface area (Å²) in [6.45, 7) is 0. The van der Waals surface area contributed by atoms with Crippen LogP contribution in [-0.2, 0) is 0 Å². The number of aromatic nitrogens is 1. The first-order valence-electron chi connectivity index (χ1n) is 4.00. The predicted molar refractivity (Wildman–Crippen MR) is 45.9 cm³/mol.